The lowest BCUT2D eigenvalue weighted by Gasteiger charge is -2.17. The fourth-order valence-electron chi connectivity index (χ4n) is 2.24. The number of aryl methyl sites for hydroxylation is 1. The molecule has 0 bridgehead atoms. The van der Waals surface area contributed by atoms with Gasteiger partial charge < -0.3 is 10.4 Å². The van der Waals surface area contributed by atoms with E-state index in [9.17, 15) is 9.59 Å². The van der Waals surface area contributed by atoms with Gasteiger partial charge in [0, 0.05) is 16.8 Å². The van der Waals surface area contributed by atoms with Crippen molar-refractivity contribution in [1.29, 1.82) is 0 Å². The Labute approximate surface area is 112 Å². The van der Waals surface area contributed by atoms with Crippen molar-refractivity contribution >= 4 is 17.6 Å². The van der Waals surface area contributed by atoms with Crippen molar-refractivity contribution in [3.05, 3.63) is 41.0 Å². The van der Waals surface area contributed by atoms with E-state index in [0.29, 0.717) is 24.1 Å². The molecule has 100 valence electrons. The fourth-order valence-corrected chi connectivity index (χ4v) is 2.24. The molecule has 0 heterocycles. The number of carbonyl (C=O) groups is 2. The zero-order valence-electron chi connectivity index (χ0n) is 10.9. The second-order valence-corrected chi connectivity index (χ2v) is 4.79. The van der Waals surface area contributed by atoms with Gasteiger partial charge in [-0.15, -0.1) is 0 Å². The number of amides is 1. The van der Waals surface area contributed by atoms with Crippen molar-refractivity contribution in [2.24, 2.45) is 0 Å². The predicted octanol–water partition coefficient (Wildman–Crippen LogP) is 2.89. The van der Waals surface area contributed by atoms with Crippen LogP contribution in [0.25, 0.3) is 0 Å². The van der Waals surface area contributed by atoms with E-state index in [-0.39, 0.29) is 11.5 Å². The van der Waals surface area contributed by atoms with Crippen molar-refractivity contribution in [3.63, 3.8) is 0 Å². The quantitative estimate of drug-likeness (QED) is 0.877. The Morgan fingerprint density at radius 3 is 2.21 bits per heavy atom. The minimum atomic E-state index is -0.978. The Morgan fingerprint density at radius 1 is 1.05 bits per heavy atom. The number of benzene rings is 1. The Hall–Kier alpha value is -2.10. The van der Waals surface area contributed by atoms with Crippen LogP contribution in [-0.2, 0) is 9.59 Å². The van der Waals surface area contributed by atoms with Gasteiger partial charge in [0.25, 0.3) is 5.91 Å². The molecule has 2 rings (SSSR count). The summed E-state index contributed by atoms with van der Waals surface area (Å²) in [5.41, 5.74) is 2.48. The average Bonchev–Trinajstić information content (AvgIpc) is 2.41. The normalized spacial score (nSPS) is 15.2. The minimum Gasteiger partial charge on any atom is -0.478 e. The van der Waals surface area contributed by atoms with Crippen molar-refractivity contribution < 1.29 is 14.7 Å². The summed E-state index contributed by atoms with van der Waals surface area (Å²) in [5, 5.41) is 11.9. The summed E-state index contributed by atoms with van der Waals surface area (Å²) in [6.45, 7) is 1.97. The van der Waals surface area contributed by atoms with Crippen LogP contribution in [0.3, 0.4) is 0 Å². The van der Waals surface area contributed by atoms with E-state index in [1.165, 1.54) is 0 Å². The van der Waals surface area contributed by atoms with Crippen LogP contribution < -0.4 is 5.32 Å². The Morgan fingerprint density at radius 2 is 1.63 bits per heavy atom. The molecule has 0 spiro atoms. The van der Waals surface area contributed by atoms with E-state index in [2.05, 4.69) is 5.32 Å². The van der Waals surface area contributed by atoms with Gasteiger partial charge in [-0.3, -0.25) is 4.79 Å². The number of nitrogens with one attached hydrogen (secondary N) is 1. The molecule has 0 unspecified atom stereocenters. The predicted molar refractivity (Wildman–Crippen MR) is 72.9 cm³/mol. The first-order chi connectivity index (χ1) is 9.08. The zero-order chi connectivity index (χ0) is 13.8. The second-order valence-electron chi connectivity index (χ2n) is 4.79. The average molecular weight is 259 g/mol. The number of carboxylic acid groups (broad SMARTS) is 1. The second kappa shape index (κ2) is 5.69. The largest absolute Gasteiger partial charge is 0.478 e. The maximum atomic E-state index is 12.1. The molecule has 0 atom stereocenters. The molecule has 4 heteroatoms. The Kier molecular flexibility index (Phi) is 4.00. The number of aliphatic carboxylic acids is 1. The molecule has 1 aliphatic rings. The highest BCUT2D eigenvalue weighted by atomic mass is 16.4. The molecular formula is C15H17NO3. The summed E-state index contributed by atoms with van der Waals surface area (Å²) in [7, 11) is 0. The van der Waals surface area contributed by atoms with E-state index in [1.807, 2.05) is 31.2 Å². The van der Waals surface area contributed by atoms with Gasteiger partial charge in [-0.25, -0.2) is 4.79 Å². The van der Waals surface area contributed by atoms with E-state index in [1.54, 1.807) is 0 Å². The van der Waals surface area contributed by atoms with Gasteiger partial charge in [-0.1, -0.05) is 17.7 Å². The molecule has 4 nitrogen and oxygen atoms in total. The van der Waals surface area contributed by atoms with Crippen LogP contribution in [0.2, 0.25) is 0 Å². The number of hydrogen-bond acceptors (Lipinski definition) is 2. The summed E-state index contributed by atoms with van der Waals surface area (Å²) in [6.07, 6.45) is 2.72. The van der Waals surface area contributed by atoms with E-state index >= 15 is 0 Å². The van der Waals surface area contributed by atoms with Gasteiger partial charge in [0.1, 0.15) is 0 Å². The standard InChI is InChI=1S/C15H17NO3/c1-10-6-8-11(9-7-10)16-14(17)12-4-2-3-5-13(12)15(18)19/h6-9H,2-5H2,1H3,(H,16,17)(H,18,19). The third kappa shape index (κ3) is 3.22. The first kappa shape index (κ1) is 13.3. The van der Waals surface area contributed by atoms with Gasteiger partial charge in [0.2, 0.25) is 0 Å². The van der Waals surface area contributed by atoms with Gasteiger partial charge >= 0.3 is 5.97 Å². The third-order valence-electron chi connectivity index (χ3n) is 3.31. The zero-order valence-corrected chi connectivity index (χ0v) is 10.9. The fraction of sp³-hybridized carbons (Fsp3) is 0.333. The molecule has 0 aromatic heterocycles. The highest BCUT2D eigenvalue weighted by Crippen LogP contribution is 2.26. The third-order valence-corrected chi connectivity index (χ3v) is 3.31. The molecule has 19 heavy (non-hydrogen) atoms. The lowest BCUT2D eigenvalue weighted by Crippen LogP contribution is -2.21. The minimum absolute atomic E-state index is 0.260. The first-order valence-corrected chi connectivity index (χ1v) is 6.41. The molecule has 1 aliphatic carbocycles. The van der Waals surface area contributed by atoms with Crippen LogP contribution in [-0.4, -0.2) is 17.0 Å². The molecule has 0 saturated heterocycles. The summed E-state index contributed by atoms with van der Waals surface area (Å²) in [5.74, 6) is -1.27. The summed E-state index contributed by atoms with van der Waals surface area (Å²) in [4.78, 5) is 23.3. The van der Waals surface area contributed by atoms with Crippen molar-refractivity contribution in [2.75, 3.05) is 5.32 Å². The molecule has 0 fully saturated rings. The number of carbonyl (C=O) groups excluding carboxylic acids is 1. The van der Waals surface area contributed by atoms with Crippen LogP contribution in [0.5, 0.6) is 0 Å². The van der Waals surface area contributed by atoms with Crippen LogP contribution in [0.1, 0.15) is 31.2 Å². The van der Waals surface area contributed by atoms with Crippen molar-refractivity contribution in [1.82, 2.24) is 0 Å². The van der Waals surface area contributed by atoms with E-state index in [4.69, 9.17) is 5.11 Å². The van der Waals surface area contributed by atoms with Crippen LogP contribution in [0, 0.1) is 6.92 Å². The lowest BCUT2D eigenvalue weighted by atomic mass is 9.91. The molecule has 2 N–H and O–H groups in total. The van der Waals surface area contributed by atoms with E-state index in [0.717, 1.165) is 18.4 Å². The molecule has 0 aliphatic heterocycles. The molecule has 0 radical (unpaired) electrons. The SMILES string of the molecule is Cc1ccc(NC(=O)C2=C(C(=O)O)CCCC2)cc1. The highest BCUT2D eigenvalue weighted by molar-refractivity contribution is 6.08. The highest BCUT2D eigenvalue weighted by Gasteiger charge is 2.23. The summed E-state index contributed by atoms with van der Waals surface area (Å²) < 4.78 is 0. The van der Waals surface area contributed by atoms with Crippen LogP contribution >= 0.6 is 0 Å². The number of anilines is 1. The number of carboxylic acids is 1. The van der Waals surface area contributed by atoms with Crippen LogP contribution in [0.4, 0.5) is 5.69 Å². The van der Waals surface area contributed by atoms with E-state index < -0.39 is 5.97 Å². The maximum absolute atomic E-state index is 12.1. The summed E-state index contributed by atoms with van der Waals surface area (Å²) in [6, 6.07) is 7.44. The first-order valence-electron chi connectivity index (χ1n) is 6.41. The molecular weight excluding hydrogens is 242 g/mol. The molecule has 1 amide bonds. The van der Waals surface area contributed by atoms with Crippen LogP contribution in [0.15, 0.2) is 35.4 Å². The Bertz CT molecular complexity index is 529. The van der Waals surface area contributed by atoms with Crippen molar-refractivity contribution in [3.8, 4) is 0 Å². The Balaban J connectivity index is 2.18. The molecule has 0 saturated carbocycles. The van der Waals surface area contributed by atoms with Gasteiger partial charge in [-0.05, 0) is 44.7 Å². The number of rotatable bonds is 3. The molecule has 1 aromatic carbocycles. The van der Waals surface area contributed by atoms with Gasteiger partial charge in [0.15, 0.2) is 0 Å². The van der Waals surface area contributed by atoms with Gasteiger partial charge in [-0.2, -0.15) is 0 Å². The smallest absolute Gasteiger partial charge is 0.332 e. The van der Waals surface area contributed by atoms with Crippen molar-refractivity contribution in [2.45, 2.75) is 32.6 Å². The monoisotopic (exact) mass is 259 g/mol. The maximum Gasteiger partial charge on any atom is 0.332 e. The lowest BCUT2D eigenvalue weighted by molar-refractivity contribution is -0.133. The number of hydrogen-bond donors (Lipinski definition) is 2. The molecule has 1 aromatic rings. The van der Waals surface area contributed by atoms with Gasteiger partial charge in [0.05, 0.1) is 0 Å². The summed E-state index contributed by atoms with van der Waals surface area (Å²) >= 11 is 0. The topological polar surface area (TPSA) is 66.4 Å².